The number of hydrogen-bond donors (Lipinski definition) is 2. The molecular weight excluding hydrogens is 142 g/mol. The first-order chi connectivity index (χ1) is 5.29. The summed E-state index contributed by atoms with van der Waals surface area (Å²) in [5, 5.41) is 5.90. The number of H-pyrrole nitrogens is 1. The van der Waals surface area contributed by atoms with E-state index in [1.165, 1.54) is 0 Å². The average Bonchev–Trinajstić information content (AvgIpc) is 2.30. The van der Waals surface area contributed by atoms with Gasteiger partial charge in [0.05, 0.1) is 5.56 Å². The average molecular weight is 153 g/mol. The maximum Gasteiger partial charge on any atom is 0.269 e. The molecule has 0 bridgehead atoms. The van der Waals surface area contributed by atoms with Gasteiger partial charge in [0.15, 0.2) is 0 Å². The molecular formula is C7H11N3O. The molecule has 1 aliphatic heterocycles. The molecule has 2 heterocycles. The van der Waals surface area contributed by atoms with Gasteiger partial charge in [-0.15, -0.1) is 0 Å². The van der Waals surface area contributed by atoms with Crippen molar-refractivity contribution in [1.29, 1.82) is 0 Å². The minimum absolute atomic E-state index is 0.0506. The molecule has 0 unspecified atom stereocenters. The van der Waals surface area contributed by atoms with E-state index in [0.29, 0.717) is 0 Å². The highest BCUT2D eigenvalue weighted by molar-refractivity contribution is 5.45. The van der Waals surface area contributed by atoms with Crippen molar-refractivity contribution in [2.45, 2.75) is 12.8 Å². The van der Waals surface area contributed by atoms with Gasteiger partial charge in [-0.2, -0.15) is 0 Å². The van der Waals surface area contributed by atoms with Gasteiger partial charge in [0.25, 0.3) is 5.56 Å². The summed E-state index contributed by atoms with van der Waals surface area (Å²) in [5.74, 6) is 0.959. The van der Waals surface area contributed by atoms with Crippen LogP contribution in [0.4, 0.5) is 5.82 Å². The van der Waals surface area contributed by atoms with Crippen LogP contribution in [0.3, 0.4) is 0 Å². The molecule has 0 saturated carbocycles. The second-order valence-electron chi connectivity index (χ2n) is 2.86. The fraction of sp³-hybridized carbons (Fsp3) is 0.571. The van der Waals surface area contributed by atoms with E-state index in [9.17, 15) is 4.79 Å². The van der Waals surface area contributed by atoms with E-state index in [1.54, 1.807) is 4.68 Å². The number of nitrogens with one attached hydrogen (secondary N) is 2. The molecule has 0 aliphatic carbocycles. The van der Waals surface area contributed by atoms with Crippen molar-refractivity contribution in [2.75, 3.05) is 11.9 Å². The number of anilines is 1. The molecule has 0 fully saturated rings. The van der Waals surface area contributed by atoms with Gasteiger partial charge in [0, 0.05) is 13.6 Å². The molecule has 0 atom stereocenters. The lowest BCUT2D eigenvalue weighted by Crippen LogP contribution is -2.16. The highest BCUT2D eigenvalue weighted by Crippen LogP contribution is 2.15. The number of aromatic amines is 1. The lowest BCUT2D eigenvalue weighted by atomic mass is 10.1. The first-order valence-electron chi connectivity index (χ1n) is 3.81. The minimum Gasteiger partial charge on any atom is -0.370 e. The van der Waals surface area contributed by atoms with Crippen molar-refractivity contribution >= 4 is 5.82 Å². The molecule has 0 aromatic carbocycles. The van der Waals surface area contributed by atoms with Gasteiger partial charge in [-0.3, -0.25) is 14.6 Å². The van der Waals surface area contributed by atoms with Crippen LogP contribution in [0.1, 0.15) is 12.0 Å². The summed E-state index contributed by atoms with van der Waals surface area (Å²) in [5.41, 5.74) is 0.952. The Bertz CT molecular complexity index is 323. The fourth-order valence-corrected chi connectivity index (χ4v) is 1.51. The zero-order valence-electron chi connectivity index (χ0n) is 6.48. The van der Waals surface area contributed by atoms with E-state index in [1.807, 2.05) is 7.05 Å². The van der Waals surface area contributed by atoms with Crippen molar-refractivity contribution in [2.24, 2.45) is 7.05 Å². The maximum atomic E-state index is 11.2. The van der Waals surface area contributed by atoms with Gasteiger partial charge >= 0.3 is 0 Å². The van der Waals surface area contributed by atoms with Crippen LogP contribution in [0, 0.1) is 0 Å². The van der Waals surface area contributed by atoms with E-state index >= 15 is 0 Å². The molecule has 0 saturated heterocycles. The monoisotopic (exact) mass is 153 g/mol. The summed E-state index contributed by atoms with van der Waals surface area (Å²) in [6.45, 7) is 0.970. The predicted octanol–water partition coefficient (Wildman–Crippen LogP) is 0.0715. The normalized spacial score (nSPS) is 15.7. The third-order valence-electron chi connectivity index (χ3n) is 2.06. The number of nitrogens with zero attached hydrogens (tertiary/aromatic N) is 1. The van der Waals surface area contributed by atoms with Crippen LogP contribution in [0.15, 0.2) is 4.79 Å². The third kappa shape index (κ3) is 0.859. The Morgan fingerprint density at radius 3 is 3.09 bits per heavy atom. The largest absolute Gasteiger partial charge is 0.370 e. The van der Waals surface area contributed by atoms with Crippen LogP contribution in [-0.2, 0) is 13.5 Å². The zero-order valence-corrected chi connectivity index (χ0v) is 6.48. The summed E-state index contributed by atoms with van der Waals surface area (Å²) < 4.78 is 1.75. The number of fused-ring (bicyclic) bond motifs is 1. The van der Waals surface area contributed by atoms with E-state index in [4.69, 9.17) is 0 Å². The first kappa shape index (κ1) is 6.52. The number of hydrogen-bond acceptors (Lipinski definition) is 2. The van der Waals surface area contributed by atoms with Crippen LogP contribution >= 0.6 is 0 Å². The minimum atomic E-state index is 0.0506. The molecule has 2 rings (SSSR count). The summed E-state index contributed by atoms with van der Waals surface area (Å²) in [6.07, 6.45) is 1.96. The lowest BCUT2D eigenvalue weighted by Gasteiger charge is -2.13. The topological polar surface area (TPSA) is 49.8 Å². The van der Waals surface area contributed by atoms with Gasteiger partial charge in [0.1, 0.15) is 5.82 Å². The number of aryl methyl sites for hydroxylation is 1. The Morgan fingerprint density at radius 2 is 2.36 bits per heavy atom. The van der Waals surface area contributed by atoms with Gasteiger partial charge in [-0.05, 0) is 12.8 Å². The van der Waals surface area contributed by atoms with Crippen molar-refractivity contribution < 1.29 is 0 Å². The lowest BCUT2D eigenvalue weighted by molar-refractivity contribution is 0.745. The fourth-order valence-electron chi connectivity index (χ4n) is 1.51. The van der Waals surface area contributed by atoms with Crippen LogP contribution < -0.4 is 10.9 Å². The Labute approximate surface area is 64.2 Å². The molecule has 1 aromatic rings. The summed E-state index contributed by atoms with van der Waals surface area (Å²) >= 11 is 0. The standard InChI is InChI=1S/C7H11N3O/c1-10-6-5(7(11)9-10)3-2-4-8-6/h8H,2-4H2,1H3,(H,9,11). The molecule has 2 N–H and O–H groups in total. The van der Waals surface area contributed by atoms with E-state index in [2.05, 4.69) is 10.4 Å². The molecule has 1 aromatic heterocycles. The second-order valence-corrected chi connectivity index (χ2v) is 2.86. The van der Waals surface area contributed by atoms with Gasteiger partial charge in [-0.1, -0.05) is 0 Å². The third-order valence-corrected chi connectivity index (χ3v) is 2.06. The molecule has 0 amide bonds. The van der Waals surface area contributed by atoms with Gasteiger partial charge < -0.3 is 5.32 Å². The molecule has 0 radical (unpaired) electrons. The Hall–Kier alpha value is -1.19. The summed E-state index contributed by atoms with van der Waals surface area (Å²) in [7, 11) is 1.85. The molecule has 4 nitrogen and oxygen atoms in total. The van der Waals surface area contributed by atoms with Crippen molar-refractivity contribution in [3.05, 3.63) is 15.9 Å². The Morgan fingerprint density at radius 1 is 1.55 bits per heavy atom. The van der Waals surface area contributed by atoms with Crippen LogP contribution in [0.2, 0.25) is 0 Å². The summed E-state index contributed by atoms with van der Waals surface area (Å²) in [6, 6.07) is 0. The second kappa shape index (κ2) is 2.15. The zero-order chi connectivity index (χ0) is 7.84. The predicted molar refractivity (Wildman–Crippen MR) is 42.8 cm³/mol. The van der Waals surface area contributed by atoms with E-state index in [0.717, 1.165) is 30.8 Å². The quantitative estimate of drug-likeness (QED) is 0.554. The van der Waals surface area contributed by atoms with Crippen molar-refractivity contribution in [3.63, 3.8) is 0 Å². The SMILES string of the molecule is Cn1[nH]c(=O)c2c1NCCC2. The van der Waals surface area contributed by atoms with Gasteiger partial charge in [-0.25, -0.2) is 0 Å². The Kier molecular flexibility index (Phi) is 1.27. The molecule has 1 aliphatic rings. The molecule has 0 spiro atoms. The van der Waals surface area contributed by atoms with Gasteiger partial charge in [0.2, 0.25) is 0 Å². The van der Waals surface area contributed by atoms with Crippen molar-refractivity contribution in [3.8, 4) is 0 Å². The maximum absolute atomic E-state index is 11.2. The molecule has 4 heteroatoms. The smallest absolute Gasteiger partial charge is 0.269 e. The van der Waals surface area contributed by atoms with E-state index < -0.39 is 0 Å². The van der Waals surface area contributed by atoms with E-state index in [-0.39, 0.29) is 5.56 Å². The molecule has 11 heavy (non-hydrogen) atoms. The number of aromatic nitrogens is 2. The van der Waals surface area contributed by atoms with Crippen LogP contribution in [-0.4, -0.2) is 16.3 Å². The van der Waals surface area contributed by atoms with Crippen LogP contribution in [0.25, 0.3) is 0 Å². The highest BCUT2D eigenvalue weighted by atomic mass is 16.1. The van der Waals surface area contributed by atoms with Crippen molar-refractivity contribution in [1.82, 2.24) is 9.78 Å². The highest BCUT2D eigenvalue weighted by Gasteiger charge is 2.15. The number of rotatable bonds is 0. The first-order valence-corrected chi connectivity index (χ1v) is 3.81. The Balaban J connectivity index is 2.61. The molecule has 60 valence electrons. The summed E-state index contributed by atoms with van der Waals surface area (Å²) in [4.78, 5) is 11.2. The van der Waals surface area contributed by atoms with Crippen LogP contribution in [0.5, 0.6) is 0 Å².